The average molecular weight is 373 g/mol. The Morgan fingerprint density at radius 1 is 1.14 bits per heavy atom. The lowest BCUT2D eigenvalue weighted by Crippen LogP contribution is -2.15. The second-order valence-corrected chi connectivity index (χ2v) is 6.69. The molecular formula is C22H23N5O. The van der Waals surface area contributed by atoms with Gasteiger partial charge in [-0.1, -0.05) is 37.6 Å². The molecule has 142 valence electrons. The number of amides is 1. The van der Waals surface area contributed by atoms with Crippen LogP contribution in [0.5, 0.6) is 0 Å². The van der Waals surface area contributed by atoms with Crippen molar-refractivity contribution in [2.75, 3.05) is 5.32 Å². The van der Waals surface area contributed by atoms with E-state index in [0.29, 0.717) is 24.3 Å². The van der Waals surface area contributed by atoms with Gasteiger partial charge in [-0.3, -0.25) is 14.5 Å². The third-order valence-electron chi connectivity index (χ3n) is 4.39. The molecule has 0 spiro atoms. The first kappa shape index (κ1) is 19.3. The molecule has 1 aromatic carbocycles. The molecule has 2 heterocycles. The van der Waals surface area contributed by atoms with E-state index in [9.17, 15) is 4.79 Å². The maximum Gasteiger partial charge on any atom is 0.229 e. The highest BCUT2D eigenvalue weighted by Crippen LogP contribution is 2.10. The Morgan fingerprint density at radius 3 is 2.61 bits per heavy atom. The van der Waals surface area contributed by atoms with Crippen molar-refractivity contribution in [3.8, 4) is 6.07 Å². The van der Waals surface area contributed by atoms with Crippen molar-refractivity contribution in [1.82, 2.24) is 14.8 Å². The zero-order chi connectivity index (χ0) is 19.8. The van der Waals surface area contributed by atoms with Gasteiger partial charge < -0.3 is 5.32 Å². The number of nitriles is 1. The summed E-state index contributed by atoms with van der Waals surface area (Å²) >= 11 is 0. The van der Waals surface area contributed by atoms with Gasteiger partial charge in [0, 0.05) is 18.5 Å². The number of rotatable bonds is 8. The summed E-state index contributed by atoms with van der Waals surface area (Å²) in [6.07, 6.45) is 7.08. The van der Waals surface area contributed by atoms with Crippen molar-refractivity contribution in [2.45, 2.75) is 39.2 Å². The number of benzene rings is 1. The number of carbonyl (C=O) groups is 1. The third kappa shape index (κ3) is 5.52. The lowest BCUT2D eigenvalue weighted by molar-refractivity contribution is -0.115. The molecule has 2 aromatic heterocycles. The first-order valence-corrected chi connectivity index (χ1v) is 9.42. The molecule has 6 heteroatoms. The average Bonchev–Trinajstić information content (AvgIpc) is 3.14. The number of hydrogen-bond donors (Lipinski definition) is 1. The number of pyridine rings is 1. The largest absolute Gasteiger partial charge is 0.309 e. The van der Waals surface area contributed by atoms with Crippen LogP contribution in [0.25, 0.3) is 0 Å². The molecule has 0 saturated carbocycles. The first-order valence-electron chi connectivity index (χ1n) is 9.42. The van der Waals surface area contributed by atoms with Crippen LogP contribution in [0.15, 0.2) is 54.9 Å². The number of aryl methyl sites for hydroxylation is 1. The minimum Gasteiger partial charge on any atom is -0.309 e. The summed E-state index contributed by atoms with van der Waals surface area (Å²) in [5.74, 6) is 0.418. The van der Waals surface area contributed by atoms with Crippen LogP contribution in [0.2, 0.25) is 0 Å². The Bertz CT molecular complexity index is 952. The molecular weight excluding hydrogens is 350 g/mol. The number of nitrogens with zero attached hydrogens (tertiary/aromatic N) is 4. The Balaban J connectivity index is 1.52. The maximum atomic E-state index is 12.3. The highest BCUT2D eigenvalue weighted by Gasteiger charge is 2.07. The summed E-state index contributed by atoms with van der Waals surface area (Å²) in [6.45, 7) is 2.65. The van der Waals surface area contributed by atoms with E-state index in [4.69, 9.17) is 5.26 Å². The molecule has 0 fully saturated rings. The summed E-state index contributed by atoms with van der Waals surface area (Å²) < 4.78 is 1.70. The van der Waals surface area contributed by atoms with Crippen molar-refractivity contribution in [3.05, 3.63) is 77.2 Å². The summed E-state index contributed by atoms with van der Waals surface area (Å²) in [4.78, 5) is 16.5. The van der Waals surface area contributed by atoms with E-state index in [1.165, 1.54) is 24.6 Å². The van der Waals surface area contributed by atoms with Gasteiger partial charge in [0.15, 0.2) is 5.82 Å². The second-order valence-electron chi connectivity index (χ2n) is 6.69. The van der Waals surface area contributed by atoms with Gasteiger partial charge in [-0.2, -0.15) is 10.4 Å². The molecule has 1 N–H and O–H groups in total. The van der Waals surface area contributed by atoms with Gasteiger partial charge in [0.2, 0.25) is 5.91 Å². The number of carbonyl (C=O) groups excluding carboxylic acids is 1. The van der Waals surface area contributed by atoms with Gasteiger partial charge in [-0.25, -0.2) is 0 Å². The van der Waals surface area contributed by atoms with Crippen molar-refractivity contribution in [3.63, 3.8) is 0 Å². The van der Waals surface area contributed by atoms with Crippen LogP contribution in [0, 0.1) is 11.3 Å². The molecule has 3 rings (SSSR count). The molecule has 1 amide bonds. The van der Waals surface area contributed by atoms with Crippen LogP contribution in [-0.2, 0) is 24.2 Å². The molecule has 6 nitrogen and oxygen atoms in total. The fourth-order valence-electron chi connectivity index (χ4n) is 2.84. The summed E-state index contributed by atoms with van der Waals surface area (Å²) in [7, 11) is 0. The normalized spacial score (nSPS) is 10.4. The molecule has 0 atom stereocenters. The maximum absolute atomic E-state index is 12.3. The zero-order valence-corrected chi connectivity index (χ0v) is 15.9. The standard InChI is InChI=1S/C22H23N5O/c1-2-3-4-17-5-7-18(8-6-17)13-22(28)25-21-11-12-27(26-21)16-20-10-9-19(14-23)15-24-20/h5-12,15H,2-4,13,16H2,1H3,(H,25,26,28). The molecule has 3 aromatic rings. The summed E-state index contributed by atoms with van der Waals surface area (Å²) in [6, 6.07) is 15.5. The van der Waals surface area contributed by atoms with E-state index in [1.807, 2.05) is 18.2 Å². The lowest BCUT2D eigenvalue weighted by Gasteiger charge is -2.05. The van der Waals surface area contributed by atoms with Gasteiger partial charge >= 0.3 is 0 Å². The zero-order valence-electron chi connectivity index (χ0n) is 15.9. The van der Waals surface area contributed by atoms with Crippen LogP contribution in [0.3, 0.4) is 0 Å². The molecule has 0 radical (unpaired) electrons. The van der Waals surface area contributed by atoms with Crippen molar-refractivity contribution in [1.29, 1.82) is 5.26 Å². The Morgan fingerprint density at radius 2 is 1.93 bits per heavy atom. The van der Waals surface area contributed by atoms with Gasteiger partial charge in [-0.05, 0) is 36.1 Å². The summed E-state index contributed by atoms with van der Waals surface area (Å²) in [5.41, 5.74) is 3.61. The molecule has 0 bridgehead atoms. The number of nitrogens with one attached hydrogen (secondary N) is 1. The van der Waals surface area contributed by atoms with Crippen LogP contribution in [0.4, 0.5) is 5.82 Å². The minimum absolute atomic E-state index is 0.0944. The topological polar surface area (TPSA) is 83.6 Å². The second kappa shape index (κ2) is 9.47. The number of anilines is 1. The van der Waals surface area contributed by atoms with Crippen molar-refractivity contribution < 1.29 is 4.79 Å². The van der Waals surface area contributed by atoms with Crippen molar-refractivity contribution in [2.24, 2.45) is 0 Å². The molecule has 0 aliphatic carbocycles. The SMILES string of the molecule is CCCCc1ccc(CC(=O)Nc2ccn(Cc3ccc(C#N)cn3)n2)cc1. The predicted octanol–water partition coefficient (Wildman–Crippen LogP) is 3.72. The van der Waals surface area contributed by atoms with Gasteiger partial charge in [0.1, 0.15) is 6.07 Å². The number of aromatic nitrogens is 3. The predicted molar refractivity (Wildman–Crippen MR) is 108 cm³/mol. The van der Waals surface area contributed by atoms with E-state index in [1.54, 1.807) is 29.1 Å². The Labute approximate surface area is 164 Å². The lowest BCUT2D eigenvalue weighted by atomic mass is 10.0. The van der Waals surface area contributed by atoms with E-state index < -0.39 is 0 Å². The number of hydrogen-bond acceptors (Lipinski definition) is 4. The van der Waals surface area contributed by atoms with E-state index in [2.05, 4.69) is 34.5 Å². The fraction of sp³-hybridized carbons (Fsp3) is 0.273. The highest BCUT2D eigenvalue weighted by atomic mass is 16.1. The van der Waals surface area contributed by atoms with Crippen LogP contribution >= 0.6 is 0 Å². The van der Waals surface area contributed by atoms with Gasteiger partial charge in [-0.15, -0.1) is 0 Å². The number of unbranched alkanes of at least 4 members (excludes halogenated alkanes) is 1. The third-order valence-corrected chi connectivity index (χ3v) is 4.39. The van der Waals surface area contributed by atoms with Crippen LogP contribution in [0.1, 0.15) is 42.1 Å². The molecule has 0 aliphatic heterocycles. The first-order chi connectivity index (χ1) is 13.7. The van der Waals surface area contributed by atoms with Gasteiger partial charge in [0.05, 0.1) is 24.2 Å². The Kier molecular flexibility index (Phi) is 6.53. The minimum atomic E-state index is -0.0944. The molecule has 0 saturated heterocycles. The quantitative estimate of drug-likeness (QED) is 0.652. The van der Waals surface area contributed by atoms with Crippen molar-refractivity contribution >= 4 is 11.7 Å². The molecule has 0 aliphatic rings. The fourth-order valence-corrected chi connectivity index (χ4v) is 2.84. The van der Waals surface area contributed by atoms with E-state index in [-0.39, 0.29) is 5.91 Å². The smallest absolute Gasteiger partial charge is 0.229 e. The molecule has 28 heavy (non-hydrogen) atoms. The van der Waals surface area contributed by atoms with Gasteiger partial charge in [0.25, 0.3) is 0 Å². The highest BCUT2D eigenvalue weighted by molar-refractivity contribution is 5.91. The van der Waals surface area contributed by atoms with E-state index >= 15 is 0 Å². The Hall–Kier alpha value is -3.46. The van der Waals surface area contributed by atoms with Crippen LogP contribution in [-0.4, -0.2) is 20.7 Å². The monoisotopic (exact) mass is 373 g/mol. The van der Waals surface area contributed by atoms with E-state index in [0.717, 1.165) is 17.7 Å². The van der Waals surface area contributed by atoms with Crippen LogP contribution < -0.4 is 5.32 Å². The summed E-state index contributed by atoms with van der Waals surface area (Å²) in [5, 5.41) is 16.0. The molecule has 0 unspecified atom stereocenters.